The van der Waals surface area contributed by atoms with Gasteiger partial charge in [-0.2, -0.15) is 18.3 Å². The number of hydrogen-bond acceptors (Lipinski definition) is 3. The first-order valence-electron chi connectivity index (χ1n) is 9.23. The van der Waals surface area contributed by atoms with E-state index in [9.17, 15) is 22.0 Å². The monoisotopic (exact) mass is 503 g/mol. The highest BCUT2D eigenvalue weighted by molar-refractivity contribution is 9.10. The molecule has 0 aliphatic rings. The summed E-state index contributed by atoms with van der Waals surface area (Å²) < 4.78 is 71.5. The van der Waals surface area contributed by atoms with Crippen molar-refractivity contribution in [1.82, 2.24) is 9.78 Å². The zero-order valence-corrected chi connectivity index (χ0v) is 18.2. The smallest absolute Gasteiger partial charge is 0.434 e. The quantitative estimate of drug-likeness (QED) is 0.357. The van der Waals surface area contributed by atoms with E-state index in [1.807, 2.05) is 30.3 Å². The number of halogens is 6. The molecule has 1 heterocycles. The molecule has 0 saturated heterocycles. The van der Waals surface area contributed by atoms with Crippen molar-refractivity contribution in [2.24, 2.45) is 0 Å². The Hall–Kier alpha value is -2.62. The molecule has 1 N–H and O–H groups in total. The number of alkyl halides is 5. The number of rotatable bonds is 7. The van der Waals surface area contributed by atoms with Crippen LogP contribution in [0.1, 0.15) is 22.4 Å². The zero-order valence-electron chi connectivity index (χ0n) is 16.6. The van der Waals surface area contributed by atoms with Crippen molar-refractivity contribution >= 4 is 27.4 Å². The predicted molar refractivity (Wildman–Crippen MR) is 111 cm³/mol. The molecule has 2 aromatic carbocycles. The largest absolute Gasteiger partial charge is 0.489 e. The molecule has 31 heavy (non-hydrogen) atoms. The maximum atomic E-state index is 13.4. The third-order valence-electron chi connectivity index (χ3n) is 4.58. The van der Waals surface area contributed by atoms with E-state index >= 15 is 0 Å². The predicted octanol–water partition coefficient (Wildman–Crippen LogP) is 6.87. The number of hydrogen-bond donors (Lipinski definition) is 1. The van der Waals surface area contributed by atoms with Crippen LogP contribution in [-0.2, 0) is 19.3 Å². The Morgan fingerprint density at radius 3 is 2.39 bits per heavy atom. The summed E-state index contributed by atoms with van der Waals surface area (Å²) in [6.07, 6.45) is -7.84. The fourth-order valence-corrected chi connectivity index (χ4v) is 3.69. The molecule has 4 nitrogen and oxygen atoms in total. The Kier molecular flexibility index (Phi) is 6.88. The van der Waals surface area contributed by atoms with E-state index in [2.05, 4.69) is 26.3 Å². The lowest BCUT2D eigenvalue weighted by Crippen LogP contribution is -2.18. The van der Waals surface area contributed by atoms with Crippen molar-refractivity contribution in [2.45, 2.75) is 39.6 Å². The molecule has 10 heteroatoms. The van der Waals surface area contributed by atoms with Gasteiger partial charge in [0, 0.05) is 11.3 Å². The van der Waals surface area contributed by atoms with Gasteiger partial charge in [-0.3, -0.25) is 4.68 Å². The average molecular weight is 504 g/mol. The van der Waals surface area contributed by atoms with Crippen molar-refractivity contribution in [2.75, 3.05) is 5.32 Å². The van der Waals surface area contributed by atoms with Crippen LogP contribution in [0.25, 0.3) is 0 Å². The maximum Gasteiger partial charge on any atom is 0.434 e. The highest BCUT2D eigenvalue weighted by Crippen LogP contribution is 2.41. The molecule has 0 atom stereocenters. The Morgan fingerprint density at radius 1 is 1.10 bits per heavy atom. The molecule has 0 amide bonds. The summed E-state index contributed by atoms with van der Waals surface area (Å²) in [5.41, 5.74) is 1.55. The number of nitrogens with one attached hydrogen (secondary N) is 1. The fraction of sp³-hybridized carbons (Fsp3) is 0.286. The Bertz CT molecular complexity index is 1050. The Morgan fingerprint density at radius 2 is 1.77 bits per heavy atom. The molecular weight excluding hydrogens is 485 g/mol. The number of anilines is 2. The number of nitrogens with zero attached hydrogens (tertiary/aromatic N) is 2. The third kappa shape index (κ3) is 5.36. The fourth-order valence-electron chi connectivity index (χ4n) is 3.08. The van der Waals surface area contributed by atoms with E-state index in [0.717, 1.165) is 11.1 Å². The van der Waals surface area contributed by atoms with Crippen molar-refractivity contribution in [1.29, 1.82) is 0 Å². The van der Waals surface area contributed by atoms with Crippen LogP contribution in [0.2, 0.25) is 0 Å². The van der Waals surface area contributed by atoms with Crippen LogP contribution in [0, 0.1) is 13.8 Å². The summed E-state index contributed by atoms with van der Waals surface area (Å²) in [5, 5.41) is 6.58. The molecule has 0 bridgehead atoms. The second-order valence-corrected chi connectivity index (χ2v) is 7.66. The van der Waals surface area contributed by atoms with E-state index in [1.54, 1.807) is 26.0 Å². The van der Waals surface area contributed by atoms with Crippen LogP contribution in [-0.4, -0.2) is 16.2 Å². The van der Waals surface area contributed by atoms with Gasteiger partial charge in [-0.25, -0.2) is 8.78 Å². The molecule has 1 aromatic heterocycles. The SMILES string of the molecule is Cc1ccc(OCc2ccccc2)c(C)c1Nc1nn(CC(F)F)c(C(F)(F)F)c1Br. The summed E-state index contributed by atoms with van der Waals surface area (Å²) in [6.45, 7) is 2.66. The van der Waals surface area contributed by atoms with Gasteiger partial charge in [0.15, 0.2) is 11.5 Å². The lowest BCUT2D eigenvalue weighted by atomic mass is 10.1. The third-order valence-corrected chi connectivity index (χ3v) is 5.33. The van der Waals surface area contributed by atoms with Gasteiger partial charge in [0.1, 0.15) is 18.9 Å². The lowest BCUT2D eigenvalue weighted by molar-refractivity contribution is -0.145. The van der Waals surface area contributed by atoms with Crippen LogP contribution in [0.3, 0.4) is 0 Å². The molecule has 3 rings (SSSR count). The summed E-state index contributed by atoms with van der Waals surface area (Å²) in [4.78, 5) is 0. The minimum Gasteiger partial charge on any atom is -0.489 e. The van der Waals surface area contributed by atoms with Gasteiger partial charge < -0.3 is 10.1 Å². The van der Waals surface area contributed by atoms with Gasteiger partial charge in [-0.15, -0.1) is 0 Å². The molecule has 0 spiro atoms. The normalized spacial score (nSPS) is 11.8. The molecular formula is C21H19BrF5N3O. The highest BCUT2D eigenvalue weighted by atomic mass is 79.9. The molecule has 0 aliphatic heterocycles. The van der Waals surface area contributed by atoms with Crippen LogP contribution in [0.4, 0.5) is 33.5 Å². The van der Waals surface area contributed by atoms with Crippen LogP contribution in [0.5, 0.6) is 5.75 Å². The Labute approximate surface area is 184 Å². The molecule has 0 unspecified atom stereocenters. The number of ether oxygens (including phenoxy) is 1. The minimum absolute atomic E-state index is 0.209. The molecule has 0 fully saturated rings. The molecule has 166 valence electrons. The van der Waals surface area contributed by atoms with E-state index in [-0.39, 0.29) is 10.5 Å². The first-order valence-corrected chi connectivity index (χ1v) is 10.0. The highest BCUT2D eigenvalue weighted by Gasteiger charge is 2.40. The lowest BCUT2D eigenvalue weighted by Gasteiger charge is -2.16. The number of aryl methyl sites for hydroxylation is 1. The van der Waals surface area contributed by atoms with Gasteiger partial charge in [-0.05, 0) is 47.0 Å². The topological polar surface area (TPSA) is 39.1 Å². The van der Waals surface area contributed by atoms with Crippen LogP contribution in [0.15, 0.2) is 46.9 Å². The number of aromatic nitrogens is 2. The molecule has 0 aliphatic carbocycles. The second kappa shape index (κ2) is 9.25. The van der Waals surface area contributed by atoms with Crippen molar-refractivity contribution in [3.05, 3.63) is 69.3 Å². The molecule has 0 radical (unpaired) electrons. The van der Waals surface area contributed by atoms with Crippen LogP contribution >= 0.6 is 15.9 Å². The van der Waals surface area contributed by atoms with Gasteiger partial charge in [0.05, 0.1) is 4.47 Å². The average Bonchev–Trinajstić information content (AvgIpc) is 2.99. The molecule has 0 saturated carbocycles. The summed E-state index contributed by atoms with van der Waals surface area (Å²) >= 11 is 2.87. The number of benzene rings is 2. The molecule has 3 aromatic rings. The van der Waals surface area contributed by atoms with E-state index in [1.165, 1.54) is 0 Å². The second-order valence-electron chi connectivity index (χ2n) is 6.86. The summed E-state index contributed by atoms with van der Waals surface area (Å²) in [7, 11) is 0. The van der Waals surface area contributed by atoms with Crippen molar-refractivity contribution in [3.63, 3.8) is 0 Å². The zero-order chi connectivity index (χ0) is 22.8. The van der Waals surface area contributed by atoms with Gasteiger partial charge in [0.25, 0.3) is 6.43 Å². The van der Waals surface area contributed by atoms with E-state index < -0.39 is 29.3 Å². The first kappa shape index (κ1) is 23.1. The van der Waals surface area contributed by atoms with Gasteiger partial charge in [-0.1, -0.05) is 36.4 Å². The van der Waals surface area contributed by atoms with Gasteiger partial charge >= 0.3 is 6.18 Å². The van der Waals surface area contributed by atoms with Crippen LogP contribution < -0.4 is 10.1 Å². The standard InChI is InChI=1S/C21H19BrF5N3O/c1-12-8-9-15(31-11-14-6-4-3-5-7-14)13(2)18(12)28-20-17(22)19(21(25,26)27)30(29-20)10-16(23)24/h3-9,16H,10-11H2,1-2H3,(H,28,29). The van der Waals surface area contributed by atoms with Crippen molar-refractivity contribution < 1.29 is 26.7 Å². The van der Waals surface area contributed by atoms with E-state index in [0.29, 0.717) is 23.6 Å². The summed E-state index contributed by atoms with van der Waals surface area (Å²) in [6, 6.07) is 13.0. The van der Waals surface area contributed by atoms with Crippen molar-refractivity contribution in [3.8, 4) is 5.75 Å². The first-order chi connectivity index (χ1) is 14.6. The van der Waals surface area contributed by atoms with Gasteiger partial charge in [0.2, 0.25) is 0 Å². The van der Waals surface area contributed by atoms with E-state index in [4.69, 9.17) is 4.74 Å². The Balaban J connectivity index is 1.92. The minimum atomic E-state index is -4.86. The summed E-state index contributed by atoms with van der Waals surface area (Å²) in [5.74, 6) is 0.329. The maximum absolute atomic E-state index is 13.4.